The molecule has 0 bridgehead atoms. The maximum atomic E-state index is 14.3. The molecule has 1 aliphatic heterocycles. The Bertz CT molecular complexity index is 834. The Morgan fingerprint density at radius 3 is 2.96 bits per heavy atom. The smallest absolute Gasteiger partial charge is 0.230 e. The number of hydrogen-bond donors (Lipinski definition) is 1. The Balaban J connectivity index is 1.59. The van der Waals surface area contributed by atoms with Crippen molar-refractivity contribution >= 4 is 10.9 Å². The molecule has 3 heterocycles. The quantitative estimate of drug-likeness (QED) is 0.795. The Hall–Kier alpha value is -2.28. The fraction of sp³-hybridized carbons (Fsp3) is 0.471. The van der Waals surface area contributed by atoms with Gasteiger partial charge < -0.3 is 9.42 Å². The minimum absolute atomic E-state index is 0.256. The van der Waals surface area contributed by atoms with Crippen LogP contribution in [-0.4, -0.2) is 44.9 Å². The van der Waals surface area contributed by atoms with Crippen molar-refractivity contribution in [2.75, 3.05) is 19.6 Å². The van der Waals surface area contributed by atoms with Crippen LogP contribution in [-0.2, 0) is 0 Å². The van der Waals surface area contributed by atoms with E-state index in [2.05, 4.69) is 32.2 Å². The summed E-state index contributed by atoms with van der Waals surface area (Å²) in [6.07, 6.45) is 4.76. The number of nitrogens with zero attached hydrogens (tertiary/aromatic N) is 4. The van der Waals surface area contributed by atoms with Gasteiger partial charge in [-0.05, 0) is 51.0 Å². The maximum absolute atomic E-state index is 14.3. The average molecular weight is 329 g/mol. The molecule has 6 nitrogen and oxygen atoms in total. The second-order valence-electron chi connectivity index (χ2n) is 6.33. The number of hydrogen-bond acceptors (Lipinski definition) is 5. The van der Waals surface area contributed by atoms with E-state index in [9.17, 15) is 4.39 Å². The molecule has 0 atom stereocenters. The fourth-order valence-corrected chi connectivity index (χ4v) is 3.44. The molecule has 7 heteroatoms. The Kier molecular flexibility index (Phi) is 4.02. The summed E-state index contributed by atoms with van der Waals surface area (Å²) in [5.74, 6) is 0.798. The van der Waals surface area contributed by atoms with Crippen LogP contribution in [0, 0.1) is 5.82 Å². The SMILES string of the molecule is CCCN1CCC(c2nc(-c3c(F)ccc4[nH]ncc34)no2)CC1. The number of rotatable bonds is 4. The lowest BCUT2D eigenvalue weighted by atomic mass is 9.96. The van der Waals surface area contributed by atoms with E-state index in [0.29, 0.717) is 22.7 Å². The summed E-state index contributed by atoms with van der Waals surface area (Å²) in [4.78, 5) is 6.95. The third kappa shape index (κ3) is 2.69. The van der Waals surface area contributed by atoms with E-state index in [1.807, 2.05) is 0 Å². The van der Waals surface area contributed by atoms with Gasteiger partial charge in [0.05, 0.1) is 17.3 Å². The molecule has 1 aliphatic rings. The lowest BCUT2D eigenvalue weighted by molar-refractivity contribution is 0.194. The monoisotopic (exact) mass is 329 g/mol. The van der Waals surface area contributed by atoms with Crippen molar-refractivity contribution in [1.29, 1.82) is 0 Å². The number of H-pyrrole nitrogens is 1. The number of fused-ring (bicyclic) bond motifs is 1. The van der Waals surface area contributed by atoms with Crippen molar-refractivity contribution in [3.8, 4) is 11.4 Å². The molecule has 2 aromatic heterocycles. The van der Waals surface area contributed by atoms with E-state index in [4.69, 9.17) is 4.52 Å². The molecule has 126 valence electrons. The normalized spacial score (nSPS) is 16.9. The molecule has 0 saturated carbocycles. The molecule has 1 N–H and O–H groups in total. The van der Waals surface area contributed by atoms with Crippen molar-refractivity contribution < 1.29 is 8.91 Å². The van der Waals surface area contributed by atoms with Crippen LogP contribution >= 0.6 is 0 Å². The number of halogens is 1. The van der Waals surface area contributed by atoms with Gasteiger partial charge in [-0.1, -0.05) is 12.1 Å². The molecule has 0 aliphatic carbocycles. The summed E-state index contributed by atoms with van der Waals surface area (Å²) >= 11 is 0. The Labute approximate surface area is 139 Å². The molecule has 0 amide bonds. The molecule has 24 heavy (non-hydrogen) atoms. The zero-order chi connectivity index (χ0) is 16.5. The van der Waals surface area contributed by atoms with Crippen molar-refractivity contribution in [1.82, 2.24) is 25.2 Å². The summed E-state index contributed by atoms with van der Waals surface area (Å²) in [6, 6.07) is 3.06. The van der Waals surface area contributed by atoms with E-state index in [1.165, 1.54) is 12.5 Å². The summed E-state index contributed by atoms with van der Waals surface area (Å²) < 4.78 is 19.8. The maximum Gasteiger partial charge on any atom is 0.230 e. The molecule has 0 radical (unpaired) electrons. The first-order valence-electron chi connectivity index (χ1n) is 8.44. The van der Waals surface area contributed by atoms with Crippen LogP contribution in [0.5, 0.6) is 0 Å². The highest BCUT2D eigenvalue weighted by Crippen LogP contribution is 2.32. The molecule has 4 rings (SSSR count). The van der Waals surface area contributed by atoms with E-state index in [-0.39, 0.29) is 11.7 Å². The first-order chi connectivity index (χ1) is 11.8. The molecule has 0 spiro atoms. The van der Waals surface area contributed by atoms with E-state index >= 15 is 0 Å². The van der Waals surface area contributed by atoms with Gasteiger partial charge in [0.25, 0.3) is 0 Å². The highest BCUT2D eigenvalue weighted by atomic mass is 19.1. The third-order valence-electron chi connectivity index (χ3n) is 4.72. The molecule has 0 unspecified atom stereocenters. The lowest BCUT2D eigenvalue weighted by Crippen LogP contribution is -2.33. The standard InChI is InChI=1S/C17H20FN5O/c1-2-7-23-8-5-11(6-9-23)17-20-16(22-24-17)15-12-10-19-21-14(12)4-3-13(15)18/h3-4,10-11H,2,5-9H2,1H3,(H,19,21). The first-order valence-corrected chi connectivity index (χ1v) is 8.44. The number of aromatic nitrogens is 4. The molecular weight excluding hydrogens is 309 g/mol. The van der Waals surface area contributed by atoms with Crippen LogP contribution in [0.15, 0.2) is 22.9 Å². The van der Waals surface area contributed by atoms with Gasteiger partial charge in [-0.15, -0.1) is 0 Å². The second kappa shape index (κ2) is 6.32. The van der Waals surface area contributed by atoms with Crippen molar-refractivity contribution in [2.45, 2.75) is 32.1 Å². The summed E-state index contributed by atoms with van der Waals surface area (Å²) in [7, 11) is 0. The third-order valence-corrected chi connectivity index (χ3v) is 4.72. The van der Waals surface area contributed by atoms with Gasteiger partial charge in [-0.3, -0.25) is 5.10 Å². The van der Waals surface area contributed by atoms with Crippen molar-refractivity contribution in [2.24, 2.45) is 0 Å². The van der Waals surface area contributed by atoms with Gasteiger partial charge in [-0.2, -0.15) is 10.1 Å². The highest BCUT2D eigenvalue weighted by Gasteiger charge is 2.26. The van der Waals surface area contributed by atoms with E-state index < -0.39 is 0 Å². The summed E-state index contributed by atoms with van der Waals surface area (Å²) in [6.45, 7) is 5.42. The second-order valence-corrected chi connectivity index (χ2v) is 6.33. The van der Waals surface area contributed by atoms with Crippen LogP contribution in [0.2, 0.25) is 0 Å². The van der Waals surface area contributed by atoms with Crippen LogP contribution < -0.4 is 0 Å². The largest absolute Gasteiger partial charge is 0.339 e. The van der Waals surface area contributed by atoms with E-state index in [0.717, 1.165) is 38.0 Å². The van der Waals surface area contributed by atoms with Crippen molar-refractivity contribution in [3.05, 3.63) is 30.0 Å². The number of benzene rings is 1. The Morgan fingerprint density at radius 2 is 2.17 bits per heavy atom. The molecule has 3 aromatic rings. The van der Waals surface area contributed by atoms with Gasteiger partial charge in [0.15, 0.2) is 0 Å². The van der Waals surface area contributed by atoms with Gasteiger partial charge in [0.1, 0.15) is 5.82 Å². The van der Waals surface area contributed by atoms with Gasteiger partial charge in [0, 0.05) is 11.3 Å². The van der Waals surface area contributed by atoms with Crippen LogP contribution in [0.4, 0.5) is 4.39 Å². The van der Waals surface area contributed by atoms with Crippen molar-refractivity contribution in [3.63, 3.8) is 0 Å². The number of nitrogens with one attached hydrogen (secondary N) is 1. The van der Waals surface area contributed by atoms with Crippen LogP contribution in [0.25, 0.3) is 22.3 Å². The van der Waals surface area contributed by atoms with Gasteiger partial charge in [0.2, 0.25) is 11.7 Å². The predicted molar refractivity (Wildman–Crippen MR) is 88.0 cm³/mol. The predicted octanol–water partition coefficient (Wildman–Crippen LogP) is 3.34. The molecular formula is C17H20FN5O. The van der Waals surface area contributed by atoms with Crippen LogP contribution in [0.1, 0.15) is 38.0 Å². The lowest BCUT2D eigenvalue weighted by Gasteiger charge is -2.29. The minimum atomic E-state index is -0.367. The molecule has 1 fully saturated rings. The fourth-order valence-electron chi connectivity index (χ4n) is 3.44. The Morgan fingerprint density at radius 1 is 1.33 bits per heavy atom. The minimum Gasteiger partial charge on any atom is -0.339 e. The summed E-state index contributed by atoms with van der Waals surface area (Å²) in [5, 5.41) is 11.5. The van der Waals surface area contributed by atoms with Crippen LogP contribution in [0.3, 0.4) is 0 Å². The number of aromatic amines is 1. The average Bonchev–Trinajstić information content (AvgIpc) is 3.25. The molecule has 1 saturated heterocycles. The summed E-state index contributed by atoms with van der Waals surface area (Å²) in [5.41, 5.74) is 1.10. The number of piperidine rings is 1. The topological polar surface area (TPSA) is 70.8 Å². The zero-order valence-corrected chi connectivity index (χ0v) is 13.6. The van der Waals surface area contributed by atoms with E-state index in [1.54, 1.807) is 12.3 Å². The van der Waals surface area contributed by atoms with Gasteiger partial charge >= 0.3 is 0 Å². The van der Waals surface area contributed by atoms with Gasteiger partial charge in [-0.25, -0.2) is 4.39 Å². The highest BCUT2D eigenvalue weighted by molar-refractivity contribution is 5.92. The zero-order valence-electron chi connectivity index (χ0n) is 13.6. The first kappa shape index (κ1) is 15.3. The molecule has 1 aromatic carbocycles. The number of likely N-dealkylation sites (tertiary alicyclic amines) is 1.